The fourth-order valence-corrected chi connectivity index (χ4v) is 4.54. The smallest absolute Gasteiger partial charge is 0.507 e. The molecule has 3 nitrogen and oxygen atoms in total. The van der Waals surface area contributed by atoms with Gasteiger partial charge < -0.3 is 28.4 Å². The number of hydrogen-bond acceptors (Lipinski definition) is 3. The summed E-state index contributed by atoms with van der Waals surface area (Å²) >= 11 is 0. The van der Waals surface area contributed by atoms with Gasteiger partial charge in [-0.15, -0.1) is 16.1 Å². The Morgan fingerprint density at radius 3 is 0.538 bits per heavy atom. The second kappa shape index (κ2) is 29.3. The maximum Gasteiger partial charge on any atom is 1.00 e. The largest absolute Gasteiger partial charge is 1.00 e. The predicted octanol–water partition coefficient (Wildman–Crippen LogP) is 8.32. The molecule has 0 fully saturated rings. The van der Waals surface area contributed by atoms with Gasteiger partial charge in [0.1, 0.15) is 17.2 Å². The van der Waals surface area contributed by atoms with Gasteiger partial charge in [-0.05, 0) is 68.9 Å². The summed E-state index contributed by atoms with van der Waals surface area (Å²) in [4.78, 5) is 0. The van der Waals surface area contributed by atoms with Crippen LogP contribution in [0.5, 0.6) is 17.2 Å². The molecule has 0 atom stereocenters. The van der Waals surface area contributed by atoms with E-state index in [1.807, 2.05) is 54.6 Å². The molecule has 3 rings (SSSR count). The molecule has 0 radical (unpaired) electrons. The number of phenols is 3. The molecule has 3 N–H and O–H groups in total. The standard InChI is InChI=1S/3C12H18O.2C4H11Si.2Li.Sm/c3*1-8(2)10-6-5-7-11(9(3)4)12(10)13;2*1-5(2,3)4;;;/h3*5-9,13H,1-4H3;2*1H2,2-4H3;;;/q;;;2*-1;2*+1;. The molecule has 0 unspecified atom stereocenters. The fourth-order valence-electron chi connectivity index (χ4n) is 4.54. The summed E-state index contributed by atoms with van der Waals surface area (Å²) in [5.74, 6) is 3.76. The Balaban J connectivity index is -0.000000183. The van der Waals surface area contributed by atoms with Crippen molar-refractivity contribution in [1.29, 1.82) is 0 Å². The van der Waals surface area contributed by atoms with Gasteiger partial charge in [-0.2, -0.15) is 0 Å². The van der Waals surface area contributed by atoms with Crippen LogP contribution in [0.4, 0.5) is 0 Å². The number of aromatic hydroxyl groups is 3. The van der Waals surface area contributed by atoms with E-state index in [9.17, 15) is 15.3 Å². The zero-order valence-electron chi connectivity index (χ0n) is 37.3. The zero-order chi connectivity index (χ0) is 39.0. The first-order valence-electron chi connectivity index (χ1n) is 18.3. The van der Waals surface area contributed by atoms with Crippen molar-refractivity contribution in [3.63, 3.8) is 0 Å². The van der Waals surface area contributed by atoms with Crippen LogP contribution in [0.1, 0.15) is 152 Å². The van der Waals surface area contributed by atoms with E-state index < -0.39 is 16.1 Å². The summed E-state index contributed by atoms with van der Waals surface area (Å²) in [6, 6.07) is 18.0. The minimum atomic E-state index is -0.861. The number of benzene rings is 3. The minimum Gasteiger partial charge on any atom is -0.507 e. The Morgan fingerprint density at radius 1 is 0.365 bits per heavy atom. The van der Waals surface area contributed by atoms with Crippen molar-refractivity contribution in [2.24, 2.45) is 0 Å². The average molecular weight is 874 g/mol. The molecular weight excluding hydrogens is 797 g/mol. The maximum atomic E-state index is 9.93. The third-order valence-corrected chi connectivity index (χ3v) is 7.03. The molecule has 0 bridgehead atoms. The van der Waals surface area contributed by atoms with Crippen molar-refractivity contribution >= 4 is 16.1 Å². The SMILES string of the molecule is CC(C)c1cccc(C(C)C)c1O.CC(C)c1cccc(C(C)C)c1O.CC(C)c1cccc(C(C)C)c1O.[CH2-][Si](C)(C)C.[CH2-][Si](C)(C)C.[Li+].[Li+].[Sm]. The van der Waals surface area contributed by atoms with Gasteiger partial charge in [0.05, 0.1) is 0 Å². The zero-order valence-corrected chi connectivity index (χ0v) is 41.9. The molecule has 0 aliphatic rings. The molecular formula is C44H76Li2O3Si2Sm. The number of para-hydroxylation sites is 3. The van der Waals surface area contributed by atoms with Gasteiger partial charge in [-0.1, -0.05) is 177 Å². The van der Waals surface area contributed by atoms with Crippen LogP contribution in [0.25, 0.3) is 0 Å². The normalized spacial score (nSPS) is 10.7. The first kappa shape index (κ1) is 61.3. The Labute approximate surface area is 381 Å². The number of hydrogen-bond donors (Lipinski definition) is 3. The monoisotopic (exact) mass is 874 g/mol. The topological polar surface area (TPSA) is 60.7 Å². The van der Waals surface area contributed by atoms with Gasteiger partial charge in [0.15, 0.2) is 0 Å². The van der Waals surface area contributed by atoms with Crippen LogP contribution in [0.2, 0.25) is 39.3 Å². The van der Waals surface area contributed by atoms with Crippen LogP contribution in [0.3, 0.4) is 0 Å². The second-order valence-electron chi connectivity index (χ2n) is 17.4. The summed E-state index contributed by atoms with van der Waals surface area (Å²) in [6.07, 6.45) is 0. The minimum absolute atomic E-state index is 0. The van der Waals surface area contributed by atoms with Gasteiger partial charge in [0.2, 0.25) is 0 Å². The van der Waals surface area contributed by atoms with E-state index >= 15 is 0 Å². The Morgan fingerprint density at radius 2 is 0.462 bits per heavy atom. The van der Waals surface area contributed by atoms with Crippen molar-refractivity contribution in [1.82, 2.24) is 0 Å². The molecule has 0 aliphatic carbocycles. The van der Waals surface area contributed by atoms with Crippen molar-refractivity contribution in [2.45, 2.75) is 158 Å². The molecule has 3 aromatic carbocycles. The summed E-state index contributed by atoms with van der Waals surface area (Å²) < 4.78 is 0. The first-order chi connectivity index (χ1) is 22.1. The van der Waals surface area contributed by atoms with Crippen LogP contribution < -0.4 is 37.7 Å². The molecule has 3 aromatic rings. The van der Waals surface area contributed by atoms with Crippen molar-refractivity contribution in [3.05, 3.63) is 101 Å². The van der Waals surface area contributed by atoms with E-state index in [-0.39, 0.29) is 78.1 Å². The molecule has 8 heteroatoms. The predicted molar refractivity (Wildman–Crippen MR) is 226 cm³/mol. The van der Waals surface area contributed by atoms with E-state index in [4.69, 9.17) is 0 Å². The average Bonchev–Trinajstić information content (AvgIpc) is 2.91. The second-order valence-corrected chi connectivity index (χ2v) is 27.6. The van der Waals surface area contributed by atoms with Gasteiger partial charge in [0.25, 0.3) is 0 Å². The van der Waals surface area contributed by atoms with E-state index in [0.29, 0.717) is 52.8 Å². The molecule has 0 saturated carbocycles. The molecule has 52 heavy (non-hydrogen) atoms. The molecule has 0 saturated heterocycles. The molecule has 0 spiro atoms. The molecule has 286 valence electrons. The molecule has 0 heterocycles. The van der Waals surface area contributed by atoms with E-state index in [1.54, 1.807) is 0 Å². The Hall–Kier alpha value is 0.0262. The third kappa shape index (κ3) is 27.6. The van der Waals surface area contributed by atoms with Crippen molar-refractivity contribution in [3.8, 4) is 17.2 Å². The Kier molecular flexibility index (Phi) is 34.5. The first-order valence-corrected chi connectivity index (χ1v) is 25.7. The third-order valence-electron chi connectivity index (χ3n) is 7.03. The maximum absolute atomic E-state index is 9.93. The summed E-state index contributed by atoms with van der Waals surface area (Å²) in [7, 11) is -1.72. The van der Waals surface area contributed by atoms with Gasteiger partial charge >= 0.3 is 37.7 Å². The molecule has 0 aromatic heterocycles. The van der Waals surface area contributed by atoms with Crippen LogP contribution in [-0.2, 0) is 0 Å². The van der Waals surface area contributed by atoms with E-state index in [2.05, 4.69) is 135 Å². The number of phenolic OH excluding ortho intramolecular Hbond substituents is 3. The molecule has 0 aliphatic heterocycles. The fraction of sp³-hybridized carbons (Fsp3) is 0.545. The van der Waals surface area contributed by atoms with Crippen LogP contribution in [-0.4, -0.2) is 31.5 Å². The van der Waals surface area contributed by atoms with Gasteiger partial charge in [-0.25, -0.2) is 0 Å². The van der Waals surface area contributed by atoms with E-state index in [0.717, 1.165) is 33.4 Å². The van der Waals surface area contributed by atoms with Crippen LogP contribution in [0, 0.1) is 53.5 Å². The van der Waals surface area contributed by atoms with Crippen LogP contribution in [0.15, 0.2) is 54.6 Å². The summed E-state index contributed by atoms with van der Waals surface area (Å²) in [5, 5.41) is 29.8. The van der Waals surface area contributed by atoms with Crippen LogP contribution >= 0.6 is 0 Å². The quantitative estimate of drug-likeness (QED) is 0.173. The number of rotatable bonds is 6. The van der Waals surface area contributed by atoms with Crippen molar-refractivity contribution < 1.29 is 93.4 Å². The van der Waals surface area contributed by atoms with Gasteiger partial charge in [-0.3, -0.25) is 0 Å². The molecule has 0 amide bonds. The van der Waals surface area contributed by atoms with Crippen molar-refractivity contribution in [2.75, 3.05) is 0 Å². The van der Waals surface area contributed by atoms with Gasteiger partial charge in [0, 0.05) is 40.4 Å². The summed E-state index contributed by atoms with van der Waals surface area (Å²) in [6.45, 7) is 46.3. The Bertz CT molecular complexity index is 1110. The summed E-state index contributed by atoms with van der Waals surface area (Å²) in [5.41, 5.74) is 6.28. The van der Waals surface area contributed by atoms with E-state index in [1.165, 1.54) is 0 Å².